The highest BCUT2D eigenvalue weighted by Gasteiger charge is 2.17. The number of fused-ring (bicyclic) bond motifs is 1. The van der Waals surface area contributed by atoms with Crippen LogP contribution in [0.15, 0.2) is 47.3 Å². The molecule has 1 N–H and O–H groups in total. The molecular formula is C18H16ClN3O2. The lowest BCUT2D eigenvalue weighted by atomic mass is 10.2. The van der Waals surface area contributed by atoms with Crippen molar-refractivity contribution in [1.29, 1.82) is 0 Å². The van der Waals surface area contributed by atoms with Gasteiger partial charge in [0.25, 0.3) is 11.5 Å². The lowest BCUT2D eigenvalue weighted by Gasteiger charge is -2.11. The van der Waals surface area contributed by atoms with Gasteiger partial charge in [-0.1, -0.05) is 29.8 Å². The summed E-state index contributed by atoms with van der Waals surface area (Å²) in [5.74, 6) is -0.543. The zero-order valence-corrected chi connectivity index (χ0v) is 14.1. The van der Waals surface area contributed by atoms with Crippen molar-refractivity contribution in [2.75, 3.05) is 5.32 Å². The van der Waals surface area contributed by atoms with Gasteiger partial charge in [-0.3, -0.25) is 9.59 Å². The van der Waals surface area contributed by atoms with Gasteiger partial charge in [0, 0.05) is 17.3 Å². The van der Waals surface area contributed by atoms with Crippen molar-refractivity contribution >= 4 is 34.2 Å². The number of benzene rings is 2. The maximum absolute atomic E-state index is 12.6. The Morgan fingerprint density at radius 1 is 1.25 bits per heavy atom. The average molecular weight is 342 g/mol. The summed E-state index contributed by atoms with van der Waals surface area (Å²) >= 11 is 5.97. The summed E-state index contributed by atoms with van der Waals surface area (Å²) in [5, 5.41) is 3.23. The zero-order valence-electron chi connectivity index (χ0n) is 13.3. The number of halogens is 1. The third kappa shape index (κ3) is 2.90. The molecule has 0 spiro atoms. The van der Waals surface area contributed by atoms with Crippen LogP contribution in [0.25, 0.3) is 11.0 Å². The normalized spacial score (nSPS) is 10.8. The van der Waals surface area contributed by atoms with Crippen LogP contribution >= 0.6 is 11.6 Å². The fourth-order valence-electron chi connectivity index (χ4n) is 2.56. The van der Waals surface area contributed by atoms with Gasteiger partial charge in [-0.05, 0) is 43.7 Å². The minimum atomic E-state index is -0.543. The van der Waals surface area contributed by atoms with Gasteiger partial charge in [0.05, 0.1) is 11.0 Å². The Labute approximate surface area is 143 Å². The van der Waals surface area contributed by atoms with Gasteiger partial charge < -0.3 is 9.88 Å². The van der Waals surface area contributed by atoms with Crippen molar-refractivity contribution in [3.63, 3.8) is 0 Å². The summed E-state index contributed by atoms with van der Waals surface area (Å²) < 4.78 is 1.54. The summed E-state index contributed by atoms with van der Waals surface area (Å²) in [5.41, 5.74) is 2.19. The molecule has 1 heterocycles. The number of aryl methyl sites for hydroxylation is 2. The molecule has 122 valence electrons. The number of hydrogen-bond donors (Lipinski definition) is 1. The van der Waals surface area contributed by atoms with Gasteiger partial charge in [-0.15, -0.1) is 0 Å². The monoisotopic (exact) mass is 341 g/mol. The molecule has 5 nitrogen and oxygen atoms in total. The minimum Gasteiger partial charge on any atom is -0.320 e. The molecule has 1 amide bonds. The highest BCUT2D eigenvalue weighted by atomic mass is 35.5. The van der Waals surface area contributed by atoms with Crippen LogP contribution in [0.4, 0.5) is 5.69 Å². The van der Waals surface area contributed by atoms with Crippen LogP contribution in [-0.2, 0) is 6.54 Å². The Kier molecular flexibility index (Phi) is 4.36. The molecular weight excluding hydrogens is 326 g/mol. The molecule has 2 aromatic carbocycles. The van der Waals surface area contributed by atoms with Gasteiger partial charge in [0.15, 0.2) is 5.69 Å². The maximum atomic E-state index is 12.6. The van der Waals surface area contributed by atoms with Crippen molar-refractivity contribution in [2.45, 2.75) is 20.4 Å². The summed E-state index contributed by atoms with van der Waals surface area (Å²) in [7, 11) is 0. The number of aromatic nitrogens is 2. The van der Waals surface area contributed by atoms with Crippen LogP contribution in [-0.4, -0.2) is 15.5 Å². The van der Waals surface area contributed by atoms with E-state index in [-0.39, 0.29) is 5.69 Å². The molecule has 3 rings (SSSR count). The third-order valence-corrected chi connectivity index (χ3v) is 4.07. The number of anilines is 1. The van der Waals surface area contributed by atoms with Crippen LogP contribution in [0.1, 0.15) is 23.0 Å². The quantitative estimate of drug-likeness (QED) is 0.791. The van der Waals surface area contributed by atoms with E-state index in [9.17, 15) is 9.59 Å². The van der Waals surface area contributed by atoms with E-state index in [4.69, 9.17) is 11.6 Å². The number of hydrogen-bond acceptors (Lipinski definition) is 3. The second kappa shape index (κ2) is 6.45. The van der Waals surface area contributed by atoms with Gasteiger partial charge in [-0.2, -0.15) is 0 Å². The molecule has 0 atom stereocenters. The Morgan fingerprint density at radius 2 is 2.00 bits per heavy atom. The molecule has 1 aromatic heterocycles. The first-order valence-corrected chi connectivity index (χ1v) is 7.96. The molecule has 0 saturated carbocycles. The first-order valence-electron chi connectivity index (χ1n) is 7.58. The van der Waals surface area contributed by atoms with E-state index in [1.165, 1.54) is 0 Å². The molecule has 3 aromatic rings. The lowest BCUT2D eigenvalue weighted by molar-refractivity contribution is 0.102. The van der Waals surface area contributed by atoms with Gasteiger partial charge in [0.1, 0.15) is 0 Å². The predicted octanol–water partition coefficient (Wildman–Crippen LogP) is 3.63. The van der Waals surface area contributed by atoms with Crippen molar-refractivity contribution < 1.29 is 4.79 Å². The van der Waals surface area contributed by atoms with Crippen molar-refractivity contribution in [3.05, 3.63) is 69.1 Å². The van der Waals surface area contributed by atoms with Crippen LogP contribution in [0.5, 0.6) is 0 Å². The Balaban J connectivity index is 2.09. The van der Waals surface area contributed by atoms with Crippen LogP contribution in [0.2, 0.25) is 5.02 Å². The van der Waals surface area contributed by atoms with E-state index in [0.717, 1.165) is 5.56 Å². The number of para-hydroxylation sites is 2. The second-order valence-corrected chi connectivity index (χ2v) is 5.85. The number of amides is 1. The third-order valence-electron chi connectivity index (χ3n) is 3.83. The fourth-order valence-corrected chi connectivity index (χ4v) is 2.74. The number of carbonyl (C=O) groups is 1. The molecule has 0 aliphatic heterocycles. The van der Waals surface area contributed by atoms with Gasteiger partial charge in [0.2, 0.25) is 0 Å². The first-order chi connectivity index (χ1) is 11.5. The molecule has 0 fully saturated rings. The minimum absolute atomic E-state index is 0.130. The van der Waals surface area contributed by atoms with E-state index in [0.29, 0.717) is 28.3 Å². The Hall–Kier alpha value is -2.66. The molecule has 0 bridgehead atoms. The largest absolute Gasteiger partial charge is 0.320 e. The fraction of sp³-hybridized carbons (Fsp3) is 0.167. The van der Waals surface area contributed by atoms with E-state index < -0.39 is 11.5 Å². The van der Waals surface area contributed by atoms with Crippen LogP contribution in [0, 0.1) is 6.92 Å². The van der Waals surface area contributed by atoms with Crippen molar-refractivity contribution in [3.8, 4) is 0 Å². The molecule has 0 aliphatic carbocycles. The van der Waals surface area contributed by atoms with E-state index in [1.807, 2.05) is 32.0 Å². The summed E-state index contributed by atoms with van der Waals surface area (Å²) in [6, 6.07) is 12.4. The Bertz CT molecular complexity index is 995. The SMILES string of the molecule is CCn1c(=O)c(C(=O)Nc2cc(Cl)ccc2C)nc2ccccc21. The predicted molar refractivity (Wildman–Crippen MR) is 95.8 cm³/mol. The average Bonchev–Trinajstić information content (AvgIpc) is 2.57. The highest BCUT2D eigenvalue weighted by molar-refractivity contribution is 6.31. The van der Waals surface area contributed by atoms with Crippen LogP contribution < -0.4 is 10.9 Å². The smallest absolute Gasteiger partial charge is 0.282 e. The number of rotatable bonds is 3. The summed E-state index contributed by atoms with van der Waals surface area (Å²) in [6.07, 6.45) is 0. The Morgan fingerprint density at radius 3 is 2.75 bits per heavy atom. The van der Waals surface area contributed by atoms with Gasteiger partial charge in [-0.25, -0.2) is 4.98 Å². The number of nitrogens with zero attached hydrogens (tertiary/aromatic N) is 2. The molecule has 0 aliphatic rings. The summed E-state index contributed by atoms with van der Waals surface area (Å²) in [6.45, 7) is 4.17. The molecule has 6 heteroatoms. The van der Waals surface area contributed by atoms with Crippen LogP contribution in [0.3, 0.4) is 0 Å². The molecule has 24 heavy (non-hydrogen) atoms. The highest BCUT2D eigenvalue weighted by Crippen LogP contribution is 2.20. The number of nitrogens with one attached hydrogen (secondary N) is 1. The lowest BCUT2D eigenvalue weighted by Crippen LogP contribution is -2.31. The topological polar surface area (TPSA) is 64.0 Å². The summed E-state index contributed by atoms with van der Waals surface area (Å²) in [4.78, 5) is 29.4. The molecule has 0 saturated heterocycles. The standard InChI is InChI=1S/C18H16ClN3O2/c1-3-22-15-7-5-4-6-13(15)20-16(18(22)24)17(23)21-14-10-12(19)9-8-11(14)2/h4-10H,3H2,1-2H3,(H,21,23). The maximum Gasteiger partial charge on any atom is 0.282 e. The van der Waals surface area contributed by atoms with Crippen molar-refractivity contribution in [2.24, 2.45) is 0 Å². The van der Waals surface area contributed by atoms with E-state index in [2.05, 4.69) is 10.3 Å². The first kappa shape index (κ1) is 16.2. The molecule has 0 radical (unpaired) electrons. The molecule has 0 unspecified atom stereocenters. The zero-order chi connectivity index (χ0) is 17.3. The van der Waals surface area contributed by atoms with E-state index in [1.54, 1.807) is 28.8 Å². The van der Waals surface area contributed by atoms with Gasteiger partial charge >= 0.3 is 0 Å². The number of carbonyl (C=O) groups excluding carboxylic acids is 1. The van der Waals surface area contributed by atoms with Crippen molar-refractivity contribution in [1.82, 2.24) is 9.55 Å². The second-order valence-electron chi connectivity index (χ2n) is 5.41. The van der Waals surface area contributed by atoms with E-state index >= 15 is 0 Å².